The minimum atomic E-state index is 0.00213. The van der Waals surface area contributed by atoms with E-state index in [1.165, 1.54) is 10.4 Å². The first-order chi connectivity index (χ1) is 10.7. The van der Waals surface area contributed by atoms with Crippen molar-refractivity contribution in [1.82, 2.24) is 9.97 Å². The molecule has 4 nitrogen and oxygen atoms in total. The molecule has 2 heterocycles. The molecular weight excluding hydrogens is 296 g/mol. The largest absolute Gasteiger partial charge is 0.497 e. The summed E-state index contributed by atoms with van der Waals surface area (Å²) in [6.07, 6.45) is 3.85. The number of hydrogen-bond acceptors (Lipinski definition) is 4. The summed E-state index contributed by atoms with van der Waals surface area (Å²) in [4.78, 5) is 22.3. The predicted octanol–water partition coefficient (Wildman–Crippen LogP) is 3.07. The molecule has 0 bridgehead atoms. The molecule has 3 aromatic rings. The highest BCUT2D eigenvalue weighted by Crippen LogP contribution is 2.34. The van der Waals surface area contributed by atoms with Gasteiger partial charge < -0.3 is 9.72 Å². The maximum Gasteiger partial charge on any atom is 0.259 e. The molecule has 0 aliphatic heterocycles. The van der Waals surface area contributed by atoms with E-state index in [-0.39, 0.29) is 5.56 Å². The van der Waals surface area contributed by atoms with Crippen molar-refractivity contribution in [3.8, 4) is 5.75 Å². The lowest BCUT2D eigenvalue weighted by atomic mass is 10.1. The minimum absolute atomic E-state index is 0.00213. The van der Waals surface area contributed by atoms with E-state index in [2.05, 4.69) is 9.97 Å². The van der Waals surface area contributed by atoms with E-state index in [0.717, 1.165) is 40.8 Å². The first-order valence-electron chi connectivity index (χ1n) is 7.41. The maximum atomic E-state index is 12.4. The SMILES string of the molecule is COc1cccc(Cc2nc3sc4c(c3c(=O)[nH]2)CCC4)c1. The molecule has 2 aromatic heterocycles. The molecule has 112 valence electrons. The highest BCUT2D eigenvalue weighted by Gasteiger charge is 2.21. The summed E-state index contributed by atoms with van der Waals surface area (Å²) in [6.45, 7) is 0. The van der Waals surface area contributed by atoms with Gasteiger partial charge in [-0.25, -0.2) is 4.98 Å². The van der Waals surface area contributed by atoms with E-state index in [0.29, 0.717) is 12.2 Å². The van der Waals surface area contributed by atoms with Crippen LogP contribution >= 0.6 is 11.3 Å². The molecule has 0 unspecified atom stereocenters. The van der Waals surface area contributed by atoms with Crippen molar-refractivity contribution in [3.05, 3.63) is 56.4 Å². The summed E-state index contributed by atoms with van der Waals surface area (Å²) in [5.41, 5.74) is 2.30. The average Bonchev–Trinajstić information content (AvgIpc) is 3.07. The number of benzene rings is 1. The van der Waals surface area contributed by atoms with Gasteiger partial charge in [0.2, 0.25) is 0 Å². The van der Waals surface area contributed by atoms with E-state index in [1.54, 1.807) is 18.4 Å². The molecule has 0 radical (unpaired) electrons. The highest BCUT2D eigenvalue weighted by molar-refractivity contribution is 7.18. The molecule has 1 aliphatic carbocycles. The Hall–Kier alpha value is -2.14. The van der Waals surface area contributed by atoms with E-state index in [1.807, 2.05) is 24.3 Å². The fraction of sp³-hybridized carbons (Fsp3) is 0.294. The van der Waals surface area contributed by atoms with E-state index >= 15 is 0 Å². The molecule has 0 saturated heterocycles. The van der Waals surface area contributed by atoms with Gasteiger partial charge in [0.05, 0.1) is 12.5 Å². The summed E-state index contributed by atoms with van der Waals surface area (Å²) >= 11 is 1.68. The zero-order valence-electron chi connectivity index (χ0n) is 12.3. The zero-order valence-corrected chi connectivity index (χ0v) is 13.1. The third-order valence-corrected chi connectivity index (χ3v) is 5.32. The van der Waals surface area contributed by atoms with Gasteiger partial charge in [0.25, 0.3) is 5.56 Å². The second-order valence-corrected chi connectivity index (χ2v) is 6.66. The Morgan fingerprint density at radius 3 is 3.14 bits per heavy atom. The number of aryl methyl sites for hydroxylation is 2. The van der Waals surface area contributed by atoms with Crippen molar-refractivity contribution < 1.29 is 4.74 Å². The van der Waals surface area contributed by atoms with Crippen LogP contribution in [0, 0.1) is 0 Å². The lowest BCUT2D eigenvalue weighted by Crippen LogP contribution is -2.12. The number of nitrogens with zero attached hydrogens (tertiary/aromatic N) is 1. The second kappa shape index (κ2) is 5.25. The van der Waals surface area contributed by atoms with Crippen LogP contribution < -0.4 is 10.3 Å². The fourth-order valence-corrected chi connectivity index (χ4v) is 4.39. The van der Waals surface area contributed by atoms with Crippen LogP contribution in [0.5, 0.6) is 5.75 Å². The van der Waals surface area contributed by atoms with Gasteiger partial charge in [-0.1, -0.05) is 12.1 Å². The number of fused-ring (bicyclic) bond motifs is 3. The van der Waals surface area contributed by atoms with Crippen LogP contribution in [0.4, 0.5) is 0 Å². The Kier molecular flexibility index (Phi) is 3.22. The standard InChI is InChI=1S/C17H16N2O2S/c1-21-11-5-2-4-10(8-11)9-14-18-16(20)15-12-6-3-7-13(12)22-17(15)19-14/h2,4-5,8H,3,6-7,9H2,1H3,(H,18,19,20). The smallest absolute Gasteiger partial charge is 0.259 e. The fourth-order valence-electron chi connectivity index (χ4n) is 3.11. The number of methoxy groups -OCH3 is 1. The number of aromatic nitrogens is 2. The number of thiophene rings is 1. The third-order valence-electron chi connectivity index (χ3n) is 4.13. The van der Waals surface area contributed by atoms with Crippen LogP contribution in [0.25, 0.3) is 10.2 Å². The summed E-state index contributed by atoms with van der Waals surface area (Å²) in [7, 11) is 1.65. The number of rotatable bonds is 3. The molecule has 1 N–H and O–H groups in total. The molecule has 1 aliphatic rings. The van der Waals surface area contributed by atoms with E-state index in [4.69, 9.17) is 4.74 Å². The third kappa shape index (κ3) is 2.22. The molecule has 0 fully saturated rings. The lowest BCUT2D eigenvalue weighted by Gasteiger charge is -2.04. The quantitative estimate of drug-likeness (QED) is 0.808. The molecule has 5 heteroatoms. The molecule has 0 amide bonds. The van der Waals surface area contributed by atoms with Gasteiger partial charge in [0.15, 0.2) is 0 Å². The molecule has 0 atom stereocenters. The van der Waals surface area contributed by atoms with Crippen molar-refractivity contribution in [3.63, 3.8) is 0 Å². The van der Waals surface area contributed by atoms with Crippen LogP contribution in [0.2, 0.25) is 0 Å². The second-order valence-electron chi connectivity index (χ2n) is 5.58. The lowest BCUT2D eigenvalue weighted by molar-refractivity contribution is 0.414. The van der Waals surface area contributed by atoms with E-state index in [9.17, 15) is 4.79 Å². The van der Waals surface area contributed by atoms with Gasteiger partial charge in [0, 0.05) is 11.3 Å². The summed E-state index contributed by atoms with van der Waals surface area (Å²) < 4.78 is 5.24. The van der Waals surface area contributed by atoms with Crippen LogP contribution in [-0.2, 0) is 19.3 Å². The number of nitrogens with one attached hydrogen (secondary N) is 1. The normalized spacial score (nSPS) is 13.5. The molecule has 4 rings (SSSR count). The number of H-pyrrole nitrogens is 1. The van der Waals surface area contributed by atoms with Crippen LogP contribution in [0.3, 0.4) is 0 Å². The summed E-state index contributed by atoms with van der Waals surface area (Å²) in [5, 5.41) is 0.812. The zero-order chi connectivity index (χ0) is 15.1. The van der Waals surface area contributed by atoms with Crippen molar-refractivity contribution in [2.45, 2.75) is 25.7 Å². The predicted molar refractivity (Wildman–Crippen MR) is 88.1 cm³/mol. The highest BCUT2D eigenvalue weighted by atomic mass is 32.1. The van der Waals surface area contributed by atoms with Crippen molar-refractivity contribution >= 4 is 21.6 Å². The Morgan fingerprint density at radius 1 is 1.36 bits per heavy atom. The number of aromatic amines is 1. The molecule has 22 heavy (non-hydrogen) atoms. The molecule has 1 aromatic carbocycles. The Bertz CT molecular complexity index is 911. The van der Waals surface area contributed by atoms with Gasteiger partial charge in [-0.05, 0) is 42.5 Å². The minimum Gasteiger partial charge on any atom is -0.497 e. The Labute approximate surface area is 131 Å². The first-order valence-corrected chi connectivity index (χ1v) is 8.22. The van der Waals surface area contributed by atoms with Crippen LogP contribution in [0.15, 0.2) is 29.1 Å². The molecule has 0 spiro atoms. The number of hydrogen-bond donors (Lipinski definition) is 1. The van der Waals surface area contributed by atoms with Gasteiger partial charge in [0.1, 0.15) is 16.4 Å². The molecular formula is C17H16N2O2S. The monoisotopic (exact) mass is 312 g/mol. The Morgan fingerprint density at radius 2 is 2.27 bits per heavy atom. The van der Waals surface area contributed by atoms with Gasteiger partial charge in [-0.3, -0.25) is 4.79 Å². The first kappa shape index (κ1) is 13.5. The summed E-state index contributed by atoms with van der Waals surface area (Å²) in [6, 6.07) is 7.84. The van der Waals surface area contributed by atoms with Crippen molar-refractivity contribution in [1.29, 1.82) is 0 Å². The van der Waals surface area contributed by atoms with E-state index < -0.39 is 0 Å². The Balaban J connectivity index is 1.75. The van der Waals surface area contributed by atoms with Crippen molar-refractivity contribution in [2.24, 2.45) is 0 Å². The summed E-state index contributed by atoms with van der Waals surface area (Å²) in [5.74, 6) is 1.53. The van der Waals surface area contributed by atoms with Gasteiger partial charge >= 0.3 is 0 Å². The van der Waals surface area contributed by atoms with Crippen LogP contribution in [0.1, 0.15) is 28.2 Å². The number of ether oxygens (including phenoxy) is 1. The topological polar surface area (TPSA) is 55.0 Å². The van der Waals surface area contributed by atoms with Crippen LogP contribution in [-0.4, -0.2) is 17.1 Å². The average molecular weight is 312 g/mol. The van der Waals surface area contributed by atoms with Gasteiger partial charge in [-0.2, -0.15) is 0 Å². The van der Waals surface area contributed by atoms with Crippen molar-refractivity contribution in [2.75, 3.05) is 7.11 Å². The molecule has 0 saturated carbocycles. The van der Waals surface area contributed by atoms with Gasteiger partial charge in [-0.15, -0.1) is 11.3 Å². The maximum absolute atomic E-state index is 12.4.